The van der Waals surface area contributed by atoms with Crippen molar-refractivity contribution in [1.29, 1.82) is 0 Å². The third kappa shape index (κ3) is 9.53. The second-order valence-corrected chi connectivity index (χ2v) is 15.6. The molecule has 1 amide bonds. The molecular weight excluding hydrogens is 703 g/mol. The highest BCUT2D eigenvalue weighted by Crippen LogP contribution is 2.36. The Morgan fingerprint density at radius 3 is 2.40 bits per heavy atom. The Morgan fingerprint density at radius 2 is 1.75 bits per heavy atom. The van der Waals surface area contributed by atoms with E-state index in [4.69, 9.17) is 19.2 Å². The maximum absolute atomic E-state index is 14.6. The molecule has 0 aliphatic heterocycles. The molecule has 0 unspecified atom stereocenters. The van der Waals surface area contributed by atoms with E-state index in [1.165, 1.54) is 20.7 Å². The first-order chi connectivity index (χ1) is 24.8. The summed E-state index contributed by atoms with van der Waals surface area (Å²) < 4.78 is 53.3. The summed E-state index contributed by atoms with van der Waals surface area (Å²) in [6.07, 6.45) is 2.37. The van der Waals surface area contributed by atoms with Gasteiger partial charge in [-0.05, 0) is 68.4 Å². The van der Waals surface area contributed by atoms with E-state index in [1.54, 1.807) is 57.0 Å². The minimum absolute atomic E-state index is 0.0348. The van der Waals surface area contributed by atoms with Gasteiger partial charge in [-0.2, -0.15) is 4.37 Å². The van der Waals surface area contributed by atoms with Crippen LogP contribution in [0.4, 0.5) is 5.82 Å². The topological polar surface area (TPSA) is 133 Å². The van der Waals surface area contributed by atoms with Crippen LogP contribution in [-0.4, -0.2) is 80.9 Å². The van der Waals surface area contributed by atoms with Gasteiger partial charge < -0.3 is 19.1 Å². The summed E-state index contributed by atoms with van der Waals surface area (Å²) in [4.78, 5) is 33.9. The zero-order chi connectivity index (χ0) is 38.0. The third-order valence-corrected chi connectivity index (χ3v) is 11.5. The van der Waals surface area contributed by atoms with Crippen LogP contribution >= 0.6 is 11.5 Å². The molecule has 4 rings (SSSR count). The standard InChI is InChI=1S/C38H51N5O7S2/c1-9-11-16-35-39-27(4)33(22-36(44)41(6)7)38(45)42(35)23-29-17-18-31(30(21-29)24-49-10-2)32-14-12-13-15-34(32)52(46,47)43(25-50-20-19-48-8)37-26(3)28(5)51-40-37/h12-15,17-18,21H,9-11,16,19-20,22-25H2,1-8H3. The van der Waals surface area contributed by atoms with E-state index in [1.807, 2.05) is 39.0 Å². The van der Waals surface area contributed by atoms with Crippen molar-refractivity contribution in [2.75, 3.05) is 52.1 Å². The number of sulfonamides is 1. The van der Waals surface area contributed by atoms with E-state index < -0.39 is 10.0 Å². The van der Waals surface area contributed by atoms with Crippen molar-refractivity contribution >= 4 is 33.3 Å². The number of aromatic nitrogens is 3. The van der Waals surface area contributed by atoms with E-state index in [0.717, 1.165) is 34.4 Å². The van der Waals surface area contributed by atoms with E-state index in [0.29, 0.717) is 53.7 Å². The quantitative estimate of drug-likeness (QED) is 0.0878. The fourth-order valence-corrected chi connectivity index (χ4v) is 7.99. The molecule has 0 atom stereocenters. The lowest BCUT2D eigenvalue weighted by molar-refractivity contribution is -0.128. The van der Waals surface area contributed by atoms with Gasteiger partial charge in [0.15, 0.2) is 5.82 Å². The first-order valence-corrected chi connectivity index (χ1v) is 19.7. The van der Waals surface area contributed by atoms with Gasteiger partial charge in [0.25, 0.3) is 15.6 Å². The molecule has 52 heavy (non-hydrogen) atoms. The molecule has 0 spiro atoms. The summed E-state index contributed by atoms with van der Waals surface area (Å²) in [5.74, 6) is 0.812. The molecule has 282 valence electrons. The second-order valence-electron chi connectivity index (χ2n) is 12.7. The van der Waals surface area contributed by atoms with Crippen LogP contribution in [0, 0.1) is 20.8 Å². The summed E-state index contributed by atoms with van der Waals surface area (Å²) in [6, 6.07) is 12.6. The highest BCUT2D eigenvalue weighted by Gasteiger charge is 2.32. The number of carbonyl (C=O) groups is 1. The molecule has 14 heteroatoms. The monoisotopic (exact) mass is 753 g/mol. The first-order valence-electron chi connectivity index (χ1n) is 17.5. The Kier molecular flexibility index (Phi) is 14.7. The summed E-state index contributed by atoms with van der Waals surface area (Å²) >= 11 is 1.24. The van der Waals surface area contributed by atoms with Crippen molar-refractivity contribution in [2.24, 2.45) is 0 Å². The number of rotatable bonds is 19. The van der Waals surface area contributed by atoms with E-state index in [2.05, 4.69) is 11.3 Å². The summed E-state index contributed by atoms with van der Waals surface area (Å²) in [6.45, 7) is 10.7. The summed E-state index contributed by atoms with van der Waals surface area (Å²) in [5.41, 5.74) is 4.22. The van der Waals surface area contributed by atoms with Gasteiger partial charge in [0.1, 0.15) is 12.6 Å². The minimum Gasteiger partial charge on any atom is -0.382 e. The largest absolute Gasteiger partial charge is 0.382 e. The minimum atomic E-state index is -4.18. The molecule has 0 saturated heterocycles. The molecule has 0 aliphatic carbocycles. The number of ether oxygens (including phenoxy) is 3. The zero-order valence-corrected chi connectivity index (χ0v) is 33.2. The number of amides is 1. The van der Waals surface area contributed by atoms with Gasteiger partial charge in [-0.3, -0.25) is 14.2 Å². The van der Waals surface area contributed by atoms with Gasteiger partial charge in [0.05, 0.1) is 37.7 Å². The van der Waals surface area contributed by atoms with Crippen LogP contribution in [0.5, 0.6) is 0 Å². The van der Waals surface area contributed by atoms with Crippen LogP contribution in [0.3, 0.4) is 0 Å². The molecule has 0 N–H and O–H groups in total. The number of benzene rings is 2. The lowest BCUT2D eigenvalue weighted by Crippen LogP contribution is -2.35. The van der Waals surface area contributed by atoms with Gasteiger partial charge >= 0.3 is 0 Å². The van der Waals surface area contributed by atoms with Gasteiger partial charge in [-0.15, -0.1) is 0 Å². The van der Waals surface area contributed by atoms with Gasteiger partial charge in [-0.1, -0.05) is 49.7 Å². The van der Waals surface area contributed by atoms with Crippen molar-refractivity contribution in [3.63, 3.8) is 0 Å². The van der Waals surface area contributed by atoms with Crippen LogP contribution in [0.25, 0.3) is 11.1 Å². The lowest BCUT2D eigenvalue weighted by atomic mass is 9.97. The number of nitrogens with zero attached hydrogens (tertiary/aromatic N) is 5. The Hall–Kier alpha value is -3.95. The average Bonchev–Trinajstić information content (AvgIpc) is 3.45. The van der Waals surface area contributed by atoms with Crippen molar-refractivity contribution in [1.82, 2.24) is 18.8 Å². The third-order valence-electron chi connectivity index (χ3n) is 8.86. The van der Waals surface area contributed by atoms with Crippen molar-refractivity contribution < 1.29 is 27.4 Å². The molecular formula is C38H51N5O7S2. The molecule has 0 radical (unpaired) electrons. The number of unbranched alkanes of at least 4 members (excludes halogenated alkanes) is 1. The van der Waals surface area contributed by atoms with E-state index >= 15 is 0 Å². The predicted molar refractivity (Wildman–Crippen MR) is 205 cm³/mol. The fourth-order valence-electron chi connectivity index (χ4n) is 5.69. The van der Waals surface area contributed by atoms with Gasteiger partial charge in [-0.25, -0.2) is 17.7 Å². The number of hydrogen-bond donors (Lipinski definition) is 0. The number of carbonyl (C=O) groups excluding carboxylic acids is 1. The molecule has 0 aliphatic rings. The van der Waals surface area contributed by atoms with E-state index in [9.17, 15) is 18.0 Å². The highest BCUT2D eigenvalue weighted by molar-refractivity contribution is 7.93. The van der Waals surface area contributed by atoms with Crippen LogP contribution in [0.1, 0.15) is 65.3 Å². The highest BCUT2D eigenvalue weighted by atomic mass is 32.2. The second kappa shape index (κ2) is 18.7. The predicted octanol–water partition coefficient (Wildman–Crippen LogP) is 5.67. The number of aryl methyl sites for hydroxylation is 3. The van der Waals surface area contributed by atoms with Crippen LogP contribution in [0.15, 0.2) is 52.2 Å². The van der Waals surface area contributed by atoms with Crippen LogP contribution in [0.2, 0.25) is 0 Å². The molecule has 0 fully saturated rings. The maximum atomic E-state index is 14.6. The molecule has 2 aromatic carbocycles. The molecule has 0 bridgehead atoms. The Bertz CT molecular complexity index is 2010. The van der Waals surface area contributed by atoms with E-state index in [-0.39, 0.29) is 49.3 Å². The van der Waals surface area contributed by atoms with Gasteiger partial charge in [0.2, 0.25) is 5.91 Å². The SMILES string of the molecule is CCCCc1nc(C)c(CC(=O)N(C)C)c(=O)n1Cc1ccc(-c2ccccc2S(=O)(=O)N(COCCOC)c2nsc(C)c2C)c(COCC)c1. The molecule has 0 saturated carbocycles. The molecule has 2 heterocycles. The van der Waals surface area contributed by atoms with Crippen molar-refractivity contribution in [3.05, 3.63) is 91.5 Å². The van der Waals surface area contributed by atoms with Crippen molar-refractivity contribution in [3.8, 4) is 11.1 Å². The zero-order valence-electron chi connectivity index (χ0n) is 31.5. The summed E-state index contributed by atoms with van der Waals surface area (Å²) in [5, 5.41) is 0. The first kappa shape index (κ1) is 40.8. The normalized spacial score (nSPS) is 11.6. The van der Waals surface area contributed by atoms with Crippen LogP contribution < -0.4 is 9.86 Å². The fraction of sp³-hybridized carbons (Fsp3) is 0.474. The maximum Gasteiger partial charge on any atom is 0.268 e. The lowest BCUT2D eigenvalue weighted by Gasteiger charge is -2.25. The number of likely N-dealkylation sites (N-methyl/N-ethyl adjacent to an activating group) is 1. The summed E-state index contributed by atoms with van der Waals surface area (Å²) in [7, 11) is 0.704. The smallest absolute Gasteiger partial charge is 0.268 e. The Morgan fingerprint density at radius 1 is 1.00 bits per heavy atom. The molecule has 12 nitrogen and oxygen atoms in total. The number of anilines is 1. The Balaban J connectivity index is 1.82. The van der Waals surface area contributed by atoms with Crippen LogP contribution in [-0.2, 0) is 55.0 Å². The Labute approximate surface area is 311 Å². The van der Waals surface area contributed by atoms with Gasteiger partial charge in [0, 0.05) is 61.5 Å². The van der Waals surface area contributed by atoms with Crippen molar-refractivity contribution in [2.45, 2.75) is 78.3 Å². The average molecular weight is 754 g/mol. The molecule has 4 aromatic rings. The number of hydrogen-bond acceptors (Lipinski definition) is 10. The molecule has 2 aromatic heterocycles. The number of methoxy groups -OCH3 is 1.